The number of rotatable bonds is 2. The highest BCUT2D eigenvalue weighted by atomic mass is 19.1. The molecule has 0 fully saturated rings. The van der Waals surface area contributed by atoms with E-state index in [1.54, 1.807) is 19.9 Å². The molecule has 0 unspecified atom stereocenters. The Hall–Kier alpha value is -1.42. The van der Waals surface area contributed by atoms with Crippen molar-refractivity contribution in [3.8, 4) is 0 Å². The SMILES string of the molecule is COC(=O)c1cc(C(C)(C)N)cc(F)c1C. The van der Waals surface area contributed by atoms with Crippen LogP contribution in [0.2, 0.25) is 0 Å². The molecule has 1 aromatic rings. The third-order valence-electron chi connectivity index (χ3n) is 2.49. The first-order valence-electron chi connectivity index (χ1n) is 4.95. The molecule has 3 nitrogen and oxygen atoms in total. The minimum Gasteiger partial charge on any atom is -0.465 e. The van der Waals surface area contributed by atoms with E-state index >= 15 is 0 Å². The van der Waals surface area contributed by atoms with Crippen LogP contribution in [0, 0.1) is 12.7 Å². The summed E-state index contributed by atoms with van der Waals surface area (Å²) in [4.78, 5) is 11.4. The van der Waals surface area contributed by atoms with Crippen LogP contribution in [0.15, 0.2) is 12.1 Å². The highest BCUT2D eigenvalue weighted by Crippen LogP contribution is 2.23. The Balaban J connectivity index is 3.39. The zero-order valence-corrected chi connectivity index (χ0v) is 9.93. The van der Waals surface area contributed by atoms with Gasteiger partial charge in [-0.3, -0.25) is 0 Å². The second-order valence-electron chi connectivity index (χ2n) is 4.34. The third-order valence-corrected chi connectivity index (χ3v) is 2.49. The predicted molar refractivity (Wildman–Crippen MR) is 59.7 cm³/mol. The van der Waals surface area contributed by atoms with Crippen molar-refractivity contribution < 1.29 is 13.9 Å². The summed E-state index contributed by atoms with van der Waals surface area (Å²) in [6.07, 6.45) is 0. The van der Waals surface area contributed by atoms with Crippen LogP contribution >= 0.6 is 0 Å². The molecule has 0 radical (unpaired) electrons. The zero-order valence-electron chi connectivity index (χ0n) is 9.93. The lowest BCUT2D eigenvalue weighted by Gasteiger charge is -2.20. The van der Waals surface area contributed by atoms with Gasteiger partial charge in [-0.05, 0) is 44.0 Å². The molecule has 1 rings (SSSR count). The quantitative estimate of drug-likeness (QED) is 0.784. The summed E-state index contributed by atoms with van der Waals surface area (Å²) in [7, 11) is 1.26. The van der Waals surface area contributed by atoms with Gasteiger partial charge in [-0.15, -0.1) is 0 Å². The summed E-state index contributed by atoms with van der Waals surface area (Å²) in [6.45, 7) is 5.03. The van der Waals surface area contributed by atoms with Crippen LogP contribution in [0.25, 0.3) is 0 Å². The zero-order chi connectivity index (χ0) is 12.5. The van der Waals surface area contributed by atoms with Gasteiger partial charge in [-0.25, -0.2) is 9.18 Å². The van der Waals surface area contributed by atoms with Gasteiger partial charge in [0.1, 0.15) is 5.82 Å². The molecule has 0 saturated heterocycles. The average molecular weight is 225 g/mol. The number of benzene rings is 1. The molecular weight excluding hydrogens is 209 g/mol. The van der Waals surface area contributed by atoms with E-state index in [1.165, 1.54) is 20.1 Å². The number of hydrogen-bond donors (Lipinski definition) is 1. The number of methoxy groups -OCH3 is 1. The molecule has 0 heterocycles. The topological polar surface area (TPSA) is 52.3 Å². The van der Waals surface area contributed by atoms with Gasteiger partial charge in [0, 0.05) is 5.54 Å². The summed E-state index contributed by atoms with van der Waals surface area (Å²) < 4.78 is 18.2. The second-order valence-corrected chi connectivity index (χ2v) is 4.34. The molecule has 0 aliphatic rings. The highest BCUT2D eigenvalue weighted by molar-refractivity contribution is 5.91. The molecule has 16 heavy (non-hydrogen) atoms. The fraction of sp³-hybridized carbons (Fsp3) is 0.417. The van der Waals surface area contributed by atoms with Crippen molar-refractivity contribution in [1.29, 1.82) is 0 Å². The summed E-state index contributed by atoms with van der Waals surface area (Å²) >= 11 is 0. The lowest BCUT2D eigenvalue weighted by Crippen LogP contribution is -2.29. The van der Waals surface area contributed by atoms with E-state index in [0.717, 1.165) is 0 Å². The maximum atomic E-state index is 13.6. The summed E-state index contributed by atoms with van der Waals surface area (Å²) in [6, 6.07) is 2.92. The molecule has 0 bridgehead atoms. The number of hydrogen-bond acceptors (Lipinski definition) is 3. The lowest BCUT2D eigenvalue weighted by molar-refractivity contribution is 0.0599. The van der Waals surface area contributed by atoms with Gasteiger partial charge in [-0.2, -0.15) is 0 Å². The summed E-state index contributed by atoms with van der Waals surface area (Å²) in [5, 5.41) is 0. The Kier molecular flexibility index (Phi) is 3.33. The maximum Gasteiger partial charge on any atom is 0.338 e. The van der Waals surface area contributed by atoms with E-state index in [9.17, 15) is 9.18 Å². The van der Waals surface area contributed by atoms with Crippen LogP contribution in [0.4, 0.5) is 4.39 Å². The minimum absolute atomic E-state index is 0.219. The first kappa shape index (κ1) is 12.6. The predicted octanol–water partition coefficient (Wildman–Crippen LogP) is 2.11. The van der Waals surface area contributed by atoms with Crippen LogP contribution in [0.5, 0.6) is 0 Å². The van der Waals surface area contributed by atoms with Crippen LogP contribution in [0.3, 0.4) is 0 Å². The second kappa shape index (κ2) is 4.22. The van der Waals surface area contributed by atoms with Crippen molar-refractivity contribution in [3.63, 3.8) is 0 Å². The first-order valence-corrected chi connectivity index (χ1v) is 4.95. The number of halogens is 1. The molecule has 1 aromatic carbocycles. The van der Waals surface area contributed by atoms with Gasteiger partial charge in [0.15, 0.2) is 0 Å². The molecule has 0 aliphatic carbocycles. The van der Waals surface area contributed by atoms with Crippen molar-refractivity contribution in [1.82, 2.24) is 0 Å². The lowest BCUT2D eigenvalue weighted by atomic mass is 9.92. The van der Waals surface area contributed by atoms with Crippen molar-refractivity contribution in [2.45, 2.75) is 26.3 Å². The molecule has 0 aromatic heterocycles. The Morgan fingerprint density at radius 3 is 2.44 bits per heavy atom. The molecule has 0 aliphatic heterocycles. The Morgan fingerprint density at radius 1 is 1.44 bits per heavy atom. The molecular formula is C12H16FNO2. The normalized spacial score (nSPS) is 11.4. The van der Waals surface area contributed by atoms with Gasteiger partial charge in [0.2, 0.25) is 0 Å². The highest BCUT2D eigenvalue weighted by Gasteiger charge is 2.20. The summed E-state index contributed by atoms with van der Waals surface area (Å²) in [5.41, 5.74) is 6.23. The van der Waals surface area contributed by atoms with Crippen molar-refractivity contribution in [2.24, 2.45) is 5.73 Å². The number of nitrogens with two attached hydrogens (primary N) is 1. The van der Waals surface area contributed by atoms with Crippen molar-refractivity contribution in [3.05, 3.63) is 34.6 Å². The molecule has 2 N–H and O–H groups in total. The van der Waals surface area contributed by atoms with Gasteiger partial charge >= 0.3 is 5.97 Å². The molecule has 0 amide bonds. The molecule has 4 heteroatoms. The average Bonchev–Trinajstić information content (AvgIpc) is 2.19. The van der Waals surface area contributed by atoms with Gasteiger partial charge in [0.05, 0.1) is 12.7 Å². The van der Waals surface area contributed by atoms with Crippen LogP contribution < -0.4 is 5.73 Å². The van der Waals surface area contributed by atoms with E-state index in [4.69, 9.17) is 5.73 Å². The smallest absolute Gasteiger partial charge is 0.338 e. The fourth-order valence-electron chi connectivity index (χ4n) is 1.37. The standard InChI is InChI=1S/C12H16FNO2/c1-7-9(11(15)16-4)5-8(6-10(7)13)12(2,3)14/h5-6H,14H2,1-4H3. The fourth-order valence-corrected chi connectivity index (χ4v) is 1.37. The number of carbonyl (C=O) groups is 1. The molecule has 0 saturated carbocycles. The molecule has 0 spiro atoms. The van der Waals surface area contributed by atoms with E-state index in [2.05, 4.69) is 4.74 Å². The minimum atomic E-state index is -0.697. The van der Waals surface area contributed by atoms with E-state index < -0.39 is 17.3 Å². The van der Waals surface area contributed by atoms with Crippen LogP contribution in [0.1, 0.15) is 35.3 Å². The van der Waals surface area contributed by atoms with Crippen molar-refractivity contribution in [2.75, 3.05) is 7.11 Å². The largest absolute Gasteiger partial charge is 0.465 e. The van der Waals surface area contributed by atoms with Crippen LogP contribution in [-0.2, 0) is 10.3 Å². The van der Waals surface area contributed by atoms with Crippen molar-refractivity contribution >= 4 is 5.97 Å². The third kappa shape index (κ3) is 2.39. The number of ether oxygens (including phenoxy) is 1. The molecule has 88 valence electrons. The van der Waals surface area contributed by atoms with Gasteiger partial charge in [0.25, 0.3) is 0 Å². The Morgan fingerprint density at radius 2 is 2.00 bits per heavy atom. The van der Waals surface area contributed by atoms with Crippen LogP contribution in [-0.4, -0.2) is 13.1 Å². The van der Waals surface area contributed by atoms with E-state index in [0.29, 0.717) is 5.56 Å². The maximum absolute atomic E-state index is 13.6. The van der Waals surface area contributed by atoms with Gasteiger partial charge < -0.3 is 10.5 Å². The Labute approximate surface area is 94.4 Å². The van der Waals surface area contributed by atoms with Gasteiger partial charge in [-0.1, -0.05) is 0 Å². The number of carbonyl (C=O) groups excluding carboxylic acids is 1. The molecule has 0 atom stereocenters. The number of esters is 1. The van der Waals surface area contributed by atoms with E-state index in [1.807, 2.05) is 0 Å². The Bertz CT molecular complexity index is 422. The first-order chi connectivity index (χ1) is 7.27. The van der Waals surface area contributed by atoms with E-state index in [-0.39, 0.29) is 11.1 Å². The summed E-state index contributed by atoms with van der Waals surface area (Å²) in [5.74, 6) is -1.00. The monoisotopic (exact) mass is 225 g/mol.